The fourth-order valence-electron chi connectivity index (χ4n) is 2.48. The van der Waals surface area contributed by atoms with Crippen molar-refractivity contribution < 1.29 is 0 Å². The van der Waals surface area contributed by atoms with Gasteiger partial charge in [0.25, 0.3) is 0 Å². The number of hydrogen-bond donors (Lipinski definition) is 1. The van der Waals surface area contributed by atoms with Crippen molar-refractivity contribution in [2.24, 2.45) is 5.73 Å². The minimum absolute atomic E-state index is 0. The number of nitrogens with zero attached hydrogens (tertiary/aromatic N) is 3. The van der Waals surface area contributed by atoms with Gasteiger partial charge in [0.05, 0.1) is 0 Å². The van der Waals surface area contributed by atoms with Gasteiger partial charge in [-0.15, -0.1) is 12.4 Å². The molecule has 24 heavy (non-hydrogen) atoms. The molecule has 0 atom stereocenters. The Morgan fingerprint density at radius 1 is 1.00 bits per heavy atom. The summed E-state index contributed by atoms with van der Waals surface area (Å²) in [6, 6.07) is 15.2. The van der Waals surface area contributed by atoms with Crippen LogP contribution in [0, 0.1) is 0 Å². The topological polar surface area (TPSA) is 45.4 Å². The fraction of sp³-hybridized carbons (Fsp3) is 0.421. The summed E-state index contributed by atoms with van der Waals surface area (Å²) in [7, 11) is 2.07. The third kappa shape index (κ3) is 6.11. The highest BCUT2D eigenvalue weighted by molar-refractivity contribution is 5.85. The lowest BCUT2D eigenvalue weighted by Gasteiger charge is -2.24. The molecule has 5 heteroatoms. The molecule has 2 aromatic rings. The molecule has 1 aromatic carbocycles. The number of halogens is 1. The molecule has 0 unspecified atom stereocenters. The van der Waals surface area contributed by atoms with Gasteiger partial charge in [0.1, 0.15) is 5.82 Å². The Hall–Kier alpha value is -1.62. The van der Waals surface area contributed by atoms with Gasteiger partial charge in [-0.25, -0.2) is 4.98 Å². The van der Waals surface area contributed by atoms with Crippen LogP contribution in [0.2, 0.25) is 0 Å². The summed E-state index contributed by atoms with van der Waals surface area (Å²) in [5.41, 5.74) is 8.30. The predicted octanol–water partition coefficient (Wildman–Crippen LogP) is 3.31. The van der Waals surface area contributed by atoms with Gasteiger partial charge in [0, 0.05) is 45.5 Å². The van der Waals surface area contributed by atoms with Crippen molar-refractivity contribution in [1.82, 2.24) is 9.88 Å². The average molecular weight is 349 g/mol. The smallest absolute Gasteiger partial charge is 0.128 e. The summed E-state index contributed by atoms with van der Waals surface area (Å²) in [6.07, 6.45) is 1.97. The third-order valence-corrected chi connectivity index (χ3v) is 4.05. The molecule has 0 saturated carbocycles. The van der Waals surface area contributed by atoms with E-state index in [1.165, 1.54) is 11.1 Å². The minimum atomic E-state index is 0. The molecule has 0 spiro atoms. The Labute approximate surface area is 152 Å². The largest absolute Gasteiger partial charge is 0.357 e. The summed E-state index contributed by atoms with van der Waals surface area (Å²) in [6.45, 7) is 7.64. The first-order chi connectivity index (χ1) is 11.1. The molecule has 1 heterocycles. The fourth-order valence-corrected chi connectivity index (χ4v) is 2.48. The van der Waals surface area contributed by atoms with Gasteiger partial charge in [-0.05, 0) is 31.0 Å². The van der Waals surface area contributed by atoms with Crippen LogP contribution in [0.4, 0.5) is 5.82 Å². The number of benzene rings is 1. The molecule has 2 rings (SSSR count). The number of aromatic nitrogens is 1. The van der Waals surface area contributed by atoms with Gasteiger partial charge in [-0.2, -0.15) is 0 Å². The summed E-state index contributed by atoms with van der Waals surface area (Å²) in [5, 5.41) is 0. The Morgan fingerprint density at radius 2 is 1.67 bits per heavy atom. The summed E-state index contributed by atoms with van der Waals surface area (Å²) in [5.74, 6) is 1.01. The Kier molecular flexibility index (Phi) is 8.76. The van der Waals surface area contributed by atoms with Crippen molar-refractivity contribution in [2.45, 2.75) is 33.0 Å². The molecule has 0 amide bonds. The van der Waals surface area contributed by atoms with E-state index < -0.39 is 0 Å². The van der Waals surface area contributed by atoms with Crippen LogP contribution in [0.3, 0.4) is 0 Å². The van der Waals surface area contributed by atoms with Crippen LogP contribution in [0.15, 0.2) is 48.7 Å². The summed E-state index contributed by atoms with van der Waals surface area (Å²) < 4.78 is 0. The molecule has 0 aliphatic rings. The number of anilines is 1. The first-order valence-corrected chi connectivity index (χ1v) is 8.24. The van der Waals surface area contributed by atoms with Crippen LogP contribution in [-0.2, 0) is 13.1 Å². The number of hydrogen-bond acceptors (Lipinski definition) is 4. The highest BCUT2D eigenvalue weighted by Crippen LogP contribution is 2.14. The minimum Gasteiger partial charge on any atom is -0.357 e. The maximum absolute atomic E-state index is 5.77. The number of pyridine rings is 1. The summed E-state index contributed by atoms with van der Waals surface area (Å²) >= 11 is 0. The molecule has 4 nitrogen and oxygen atoms in total. The van der Waals surface area contributed by atoms with E-state index in [4.69, 9.17) is 5.73 Å². The van der Waals surface area contributed by atoms with Crippen LogP contribution in [0.5, 0.6) is 0 Å². The zero-order chi connectivity index (χ0) is 16.7. The molecule has 2 N–H and O–H groups in total. The van der Waals surface area contributed by atoms with Gasteiger partial charge in [-0.3, -0.25) is 4.90 Å². The van der Waals surface area contributed by atoms with Crippen molar-refractivity contribution in [3.05, 3.63) is 59.8 Å². The van der Waals surface area contributed by atoms with Crippen LogP contribution in [-0.4, -0.2) is 36.1 Å². The van der Waals surface area contributed by atoms with Crippen molar-refractivity contribution in [3.63, 3.8) is 0 Å². The van der Waals surface area contributed by atoms with Gasteiger partial charge < -0.3 is 10.6 Å². The lowest BCUT2D eigenvalue weighted by atomic mass is 10.2. The third-order valence-electron chi connectivity index (χ3n) is 4.05. The van der Waals surface area contributed by atoms with E-state index in [1.807, 2.05) is 12.3 Å². The van der Waals surface area contributed by atoms with Crippen molar-refractivity contribution in [1.29, 1.82) is 0 Å². The number of rotatable bonds is 8. The summed E-state index contributed by atoms with van der Waals surface area (Å²) in [4.78, 5) is 9.12. The molecule has 0 aliphatic heterocycles. The van der Waals surface area contributed by atoms with Crippen molar-refractivity contribution in [2.75, 3.05) is 25.0 Å². The van der Waals surface area contributed by atoms with Crippen molar-refractivity contribution in [3.8, 4) is 0 Å². The second-order valence-electron chi connectivity index (χ2n) is 6.21. The maximum Gasteiger partial charge on any atom is 0.128 e. The van der Waals surface area contributed by atoms with Gasteiger partial charge in [-0.1, -0.05) is 36.4 Å². The molecule has 0 radical (unpaired) electrons. The normalized spacial score (nSPS) is 10.8. The van der Waals surface area contributed by atoms with E-state index in [0.29, 0.717) is 12.6 Å². The van der Waals surface area contributed by atoms with E-state index in [2.05, 4.69) is 72.1 Å². The van der Waals surface area contributed by atoms with Crippen LogP contribution in [0.25, 0.3) is 0 Å². The van der Waals surface area contributed by atoms with Crippen LogP contribution >= 0.6 is 12.4 Å². The Bertz CT molecular complexity index is 572. The zero-order valence-electron chi connectivity index (χ0n) is 14.9. The molecular formula is C19H29ClN4. The maximum atomic E-state index is 5.77. The molecular weight excluding hydrogens is 320 g/mol. The molecule has 0 bridgehead atoms. The molecule has 0 saturated heterocycles. The van der Waals surface area contributed by atoms with Gasteiger partial charge in [0.2, 0.25) is 0 Å². The highest BCUT2D eigenvalue weighted by Gasteiger charge is 2.09. The average Bonchev–Trinajstić information content (AvgIpc) is 2.56. The van der Waals surface area contributed by atoms with E-state index in [0.717, 1.165) is 25.5 Å². The van der Waals surface area contributed by atoms with E-state index in [9.17, 15) is 0 Å². The first kappa shape index (κ1) is 20.4. The van der Waals surface area contributed by atoms with Crippen LogP contribution < -0.4 is 10.6 Å². The zero-order valence-corrected chi connectivity index (χ0v) is 15.7. The van der Waals surface area contributed by atoms with E-state index >= 15 is 0 Å². The molecule has 0 fully saturated rings. The van der Waals surface area contributed by atoms with Gasteiger partial charge in [0.15, 0.2) is 0 Å². The molecule has 0 aliphatic carbocycles. The quantitative estimate of drug-likeness (QED) is 0.795. The van der Waals surface area contributed by atoms with Crippen LogP contribution in [0.1, 0.15) is 25.0 Å². The SMILES string of the molecule is CC(C)N(C)c1ccc(CN(CCN)Cc2ccccc2)cn1.Cl. The van der Waals surface area contributed by atoms with Gasteiger partial charge >= 0.3 is 0 Å². The Balaban J connectivity index is 0.00000288. The van der Waals surface area contributed by atoms with E-state index in [-0.39, 0.29) is 12.4 Å². The second-order valence-corrected chi connectivity index (χ2v) is 6.21. The lowest BCUT2D eigenvalue weighted by molar-refractivity contribution is 0.264. The van der Waals surface area contributed by atoms with Crippen molar-refractivity contribution >= 4 is 18.2 Å². The monoisotopic (exact) mass is 348 g/mol. The first-order valence-electron chi connectivity index (χ1n) is 8.24. The predicted molar refractivity (Wildman–Crippen MR) is 105 cm³/mol. The lowest BCUT2D eigenvalue weighted by Crippen LogP contribution is -2.29. The van der Waals surface area contributed by atoms with E-state index in [1.54, 1.807) is 0 Å². The standard InChI is InChI=1S/C19H28N4.ClH/c1-16(2)22(3)19-10-9-18(13-21-19)15-23(12-11-20)14-17-7-5-4-6-8-17;/h4-10,13,16H,11-12,14-15,20H2,1-3H3;1H. The Morgan fingerprint density at radius 3 is 2.21 bits per heavy atom. The highest BCUT2D eigenvalue weighted by atomic mass is 35.5. The second kappa shape index (κ2) is 10.3. The molecule has 132 valence electrons. The number of nitrogens with two attached hydrogens (primary N) is 1. The molecule has 1 aromatic heterocycles.